The van der Waals surface area contributed by atoms with Gasteiger partial charge in [-0.25, -0.2) is 4.79 Å². The number of H-pyrrole nitrogens is 1. The minimum Gasteiger partial charge on any atom is -0.451 e. The summed E-state index contributed by atoms with van der Waals surface area (Å²) in [6.45, 7) is 2.69. The highest BCUT2D eigenvalue weighted by atomic mass is 16.5. The largest absolute Gasteiger partial charge is 0.451 e. The van der Waals surface area contributed by atoms with Gasteiger partial charge < -0.3 is 19.0 Å². The summed E-state index contributed by atoms with van der Waals surface area (Å²) < 4.78 is 11.2. The van der Waals surface area contributed by atoms with Crippen LogP contribution in [0.25, 0.3) is 22.1 Å². The van der Waals surface area contributed by atoms with Crippen LogP contribution in [-0.4, -0.2) is 36.3 Å². The number of hydrogen-bond acceptors (Lipinski definition) is 5. The number of fused-ring (bicyclic) bond motifs is 3. The van der Waals surface area contributed by atoms with Gasteiger partial charge in [0.05, 0.1) is 13.2 Å². The van der Waals surface area contributed by atoms with E-state index in [1.165, 1.54) is 0 Å². The third kappa shape index (κ3) is 1.69. The molecule has 1 aliphatic heterocycles. The van der Waals surface area contributed by atoms with Gasteiger partial charge in [0.1, 0.15) is 11.1 Å². The van der Waals surface area contributed by atoms with Crippen LogP contribution in [0.4, 0.5) is 5.82 Å². The molecule has 102 valence electrons. The predicted octanol–water partition coefficient (Wildman–Crippen LogP) is 1.51. The van der Waals surface area contributed by atoms with Crippen molar-refractivity contribution in [1.29, 1.82) is 0 Å². The zero-order valence-electron chi connectivity index (χ0n) is 10.8. The first-order chi connectivity index (χ1) is 9.83. The highest BCUT2D eigenvalue weighted by Crippen LogP contribution is 2.31. The van der Waals surface area contributed by atoms with Crippen LogP contribution in [0.15, 0.2) is 33.5 Å². The number of para-hydroxylation sites is 1. The van der Waals surface area contributed by atoms with Crippen LogP contribution in [0.1, 0.15) is 0 Å². The van der Waals surface area contributed by atoms with Gasteiger partial charge in [0.15, 0.2) is 11.4 Å². The van der Waals surface area contributed by atoms with Gasteiger partial charge in [-0.3, -0.25) is 0 Å². The van der Waals surface area contributed by atoms with Crippen molar-refractivity contribution in [3.8, 4) is 0 Å². The second-order valence-electron chi connectivity index (χ2n) is 4.77. The van der Waals surface area contributed by atoms with Crippen LogP contribution in [0, 0.1) is 0 Å². The van der Waals surface area contributed by atoms with Gasteiger partial charge in [0.2, 0.25) is 0 Å². The number of ether oxygens (including phenoxy) is 1. The first-order valence-electron chi connectivity index (χ1n) is 6.57. The third-order valence-electron chi connectivity index (χ3n) is 3.55. The molecule has 0 atom stereocenters. The monoisotopic (exact) mass is 271 g/mol. The summed E-state index contributed by atoms with van der Waals surface area (Å²) in [4.78, 5) is 20.7. The van der Waals surface area contributed by atoms with Crippen molar-refractivity contribution in [2.45, 2.75) is 0 Å². The number of aromatic nitrogens is 2. The Morgan fingerprint density at radius 2 is 2.00 bits per heavy atom. The van der Waals surface area contributed by atoms with Crippen molar-refractivity contribution in [2.24, 2.45) is 0 Å². The first kappa shape index (κ1) is 11.5. The Labute approximate surface area is 114 Å². The maximum atomic E-state index is 11.8. The molecule has 0 saturated carbocycles. The Morgan fingerprint density at radius 3 is 2.85 bits per heavy atom. The lowest BCUT2D eigenvalue weighted by Crippen LogP contribution is -2.37. The normalized spacial score (nSPS) is 16.1. The number of hydrogen-bond donors (Lipinski definition) is 1. The molecule has 6 nitrogen and oxygen atoms in total. The maximum absolute atomic E-state index is 11.8. The van der Waals surface area contributed by atoms with E-state index in [1.807, 2.05) is 29.2 Å². The summed E-state index contributed by atoms with van der Waals surface area (Å²) in [5.41, 5.74) is 1.74. The van der Waals surface area contributed by atoms with Crippen LogP contribution in [0.2, 0.25) is 0 Å². The molecular weight excluding hydrogens is 258 g/mol. The van der Waals surface area contributed by atoms with E-state index in [9.17, 15) is 4.79 Å². The smallest absolute Gasteiger partial charge is 0.347 e. The predicted molar refractivity (Wildman–Crippen MR) is 75.2 cm³/mol. The average molecular weight is 271 g/mol. The van der Waals surface area contributed by atoms with Crippen molar-refractivity contribution >= 4 is 27.9 Å². The highest BCUT2D eigenvalue weighted by Gasteiger charge is 2.20. The number of aromatic amines is 1. The van der Waals surface area contributed by atoms with Crippen molar-refractivity contribution in [3.05, 3.63) is 34.7 Å². The van der Waals surface area contributed by atoms with Gasteiger partial charge in [0.25, 0.3) is 0 Å². The fourth-order valence-corrected chi connectivity index (χ4v) is 2.60. The van der Waals surface area contributed by atoms with Crippen molar-refractivity contribution in [2.75, 3.05) is 31.2 Å². The van der Waals surface area contributed by atoms with Gasteiger partial charge in [0, 0.05) is 18.5 Å². The van der Waals surface area contributed by atoms with Gasteiger partial charge in [-0.2, -0.15) is 4.98 Å². The van der Waals surface area contributed by atoms with Crippen LogP contribution in [0.3, 0.4) is 0 Å². The second-order valence-corrected chi connectivity index (χ2v) is 4.77. The molecule has 1 aromatic carbocycles. The Bertz CT molecular complexity index is 830. The van der Waals surface area contributed by atoms with E-state index >= 15 is 0 Å². The highest BCUT2D eigenvalue weighted by molar-refractivity contribution is 6.05. The maximum Gasteiger partial charge on any atom is 0.347 e. The second kappa shape index (κ2) is 4.35. The lowest BCUT2D eigenvalue weighted by molar-refractivity contribution is 0.122. The summed E-state index contributed by atoms with van der Waals surface area (Å²) in [5.74, 6) is 0.600. The molecule has 0 amide bonds. The zero-order chi connectivity index (χ0) is 13.5. The summed E-state index contributed by atoms with van der Waals surface area (Å²) in [6, 6.07) is 7.64. The molecule has 4 rings (SSSR count). The van der Waals surface area contributed by atoms with Crippen LogP contribution >= 0.6 is 0 Å². The topological polar surface area (TPSA) is 71.4 Å². The van der Waals surface area contributed by atoms with Crippen molar-refractivity contribution in [1.82, 2.24) is 9.97 Å². The van der Waals surface area contributed by atoms with Gasteiger partial charge in [-0.15, -0.1) is 0 Å². The molecule has 1 fully saturated rings. The van der Waals surface area contributed by atoms with Crippen LogP contribution in [-0.2, 0) is 4.74 Å². The van der Waals surface area contributed by atoms with Gasteiger partial charge in [-0.05, 0) is 12.1 Å². The lowest BCUT2D eigenvalue weighted by Gasteiger charge is -2.27. The average Bonchev–Trinajstić information content (AvgIpc) is 2.86. The molecule has 1 saturated heterocycles. The number of rotatable bonds is 1. The first-order valence-corrected chi connectivity index (χ1v) is 6.57. The molecule has 1 aliphatic rings. The molecule has 0 spiro atoms. The number of nitrogens with one attached hydrogen (secondary N) is 1. The van der Waals surface area contributed by atoms with Crippen LogP contribution < -0.4 is 10.6 Å². The molecule has 0 unspecified atom stereocenters. The summed E-state index contributed by atoms with van der Waals surface area (Å²) in [6.07, 6.45) is 0. The molecule has 3 heterocycles. The lowest BCUT2D eigenvalue weighted by atomic mass is 10.2. The fourth-order valence-electron chi connectivity index (χ4n) is 2.60. The Morgan fingerprint density at radius 1 is 1.20 bits per heavy atom. The summed E-state index contributed by atoms with van der Waals surface area (Å²) in [7, 11) is 0. The quantitative estimate of drug-likeness (QED) is 0.726. The summed E-state index contributed by atoms with van der Waals surface area (Å²) >= 11 is 0. The van der Waals surface area contributed by atoms with Gasteiger partial charge in [-0.1, -0.05) is 12.1 Å². The number of anilines is 1. The molecule has 3 aromatic rings. The van der Waals surface area contributed by atoms with Crippen LogP contribution in [0.5, 0.6) is 0 Å². The number of furan rings is 1. The minimum atomic E-state index is -0.356. The summed E-state index contributed by atoms with van der Waals surface area (Å²) in [5, 5.41) is 0.900. The fraction of sp³-hybridized carbons (Fsp3) is 0.286. The van der Waals surface area contributed by atoms with Gasteiger partial charge >= 0.3 is 5.69 Å². The SMILES string of the molecule is O=c1nc(N2CCOCC2)c2oc3ccccc3c2[nH]1. The van der Waals surface area contributed by atoms with Crippen molar-refractivity contribution < 1.29 is 9.15 Å². The van der Waals surface area contributed by atoms with E-state index in [1.54, 1.807) is 0 Å². The van der Waals surface area contributed by atoms with E-state index in [2.05, 4.69) is 9.97 Å². The Kier molecular flexibility index (Phi) is 2.50. The van der Waals surface area contributed by atoms with E-state index in [0.717, 1.165) is 11.0 Å². The minimum absolute atomic E-state index is 0.356. The number of benzene rings is 1. The number of nitrogens with zero attached hydrogens (tertiary/aromatic N) is 2. The third-order valence-corrected chi connectivity index (χ3v) is 3.55. The Balaban J connectivity index is 2.02. The van der Waals surface area contributed by atoms with E-state index in [4.69, 9.17) is 9.15 Å². The molecule has 0 bridgehead atoms. The molecule has 2 aromatic heterocycles. The van der Waals surface area contributed by atoms with Crippen molar-refractivity contribution in [3.63, 3.8) is 0 Å². The van der Waals surface area contributed by atoms with E-state index in [-0.39, 0.29) is 5.69 Å². The molecule has 1 N–H and O–H groups in total. The molecular formula is C14H13N3O3. The van der Waals surface area contributed by atoms with E-state index in [0.29, 0.717) is 43.2 Å². The molecule has 6 heteroatoms. The molecule has 0 aliphatic carbocycles. The zero-order valence-corrected chi connectivity index (χ0v) is 10.8. The molecule has 20 heavy (non-hydrogen) atoms. The standard InChI is InChI=1S/C14H13N3O3/c18-14-15-11-9-3-1-2-4-10(9)20-12(11)13(16-14)17-5-7-19-8-6-17/h1-4H,5-8H2,(H,15,16,18). The Hall–Kier alpha value is -2.34. The van der Waals surface area contributed by atoms with E-state index < -0.39 is 0 Å². The molecule has 0 radical (unpaired) electrons. The number of morpholine rings is 1.